The normalized spacial score (nSPS) is 18.5. The molecule has 0 fully saturated rings. The average Bonchev–Trinajstić information content (AvgIpc) is 3.27. The third-order valence-electron chi connectivity index (χ3n) is 8.42. The topological polar surface area (TPSA) is 99.3 Å². The Balaban J connectivity index is 1.73. The maximum atomic E-state index is 12.0. The second kappa shape index (κ2) is 12.6. The minimum atomic E-state index is -4.31. The molecule has 0 spiro atoms. The van der Waals surface area contributed by atoms with Gasteiger partial charge in [-0.2, -0.15) is 13.0 Å². The van der Waals surface area contributed by atoms with E-state index >= 15 is 0 Å². The van der Waals surface area contributed by atoms with Crippen LogP contribution in [0.4, 0.5) is 11.4 Å². The molecule has 2 aliphatic rings. The molecule has 42 heavy (non-hydrogen) atoms. The van der Waals surface area contributed by atoms with Crippen LogP contribution in [-0.2, 0) is 30.3 Å². The molecular formula is C32H43N2O6S2+. The molecule has 0 atom stereocenters. The molecular weight excluding hydrogens is 572 g/mol. The van der Waals surface area contributed by atoms with Gasteiger partial charge in [-0.05, 0) is 75.1 Å². The van der Waals surface area contributed by atoms with E-state index in [2.05, 4.69) is 97.7 Å². The van der Waals surface area contributed by atoms with Crippen molar-refractivity contribution in [2.24, 2.45) is 5.92 Å². The summed E-state index contributed by atoms with van der Waals surface area (Å²) in [6.07, 6.45) is 9.69. The predicted octanol–water partition coefficient (Wildman–Crippen LogP) is 7.82. The maximum Gasteiger partial charge on any atom is 0.294 e. The zero-order valence-electron chi connectivity index (χ0n) is 25.5. The Kier molecular flexibility index (Phi) is 9.76. The fraction of sp³-hybridized carbons (Fsp3) is 0.469. The van der Waals surface area contributed by atoms with Crippen LogP contribution in [0.25, 0.3) is 0 Å². The molecule has 8 nitrogen and oxygen atoms in total. The Morgan fingerprint density at radius 3 is 2.43 bits per heavy atom. The standard InChI is InChI=1S/C32H42N2O6S2/c1-8-33-27-17-15-23(41-40-39-35)20-25(27)31(4,5)29(33)13-11-14-30-32(6,7)26-21-24(42(36,37)38)16-18-28(26)34(30)19-10-9-12-22(2)3/h11,13-18,20-22H,8-10,12,19H2,1-7H3,(H-,35,36,37,38)/p+1. The fourth-order valence-electron chi connectivity index (χ4n) is 6.21. The monoisotopic (exact) mass is 615 g/mol. The number of likely N-dealkylation sites (N-methyl/N-ethyl adjacent to an activating group) is 1. The number of hydrogen-bond acceptors (Lipinski definition) is 7. The lowest BCUT2D eigenvalue weighted by Crippen LogP contribution is -2.28. The van der Waals surface area contributed by atoms with Crippen molar-refractivity contribution in [3.05, 3.63) is 71.5 Å². The van der Waals surface area contributed by atoms with Gasteiger partial charge in [0.05, 0.1) is 22.4 Å². The lowest BCUT2D eigenvalue weighted by molar-refractivity contribution is -0.438. The first-order valence-corrected chi connectivity index (χ1v) is 16.6. The van der Waals surface area contributed by atoms with Crippen LogP contribution in [0.5, 0.6) is 0 Å². The number of benzene rings is 2. The number of nitrogens with zero attached hydrogens (tertiary/aromatic N) is 2. The van der Waals surface area contributed by atoms with Gasteiger partial charge in [0, 0.05) is 52.4 Å². The van der Waals surface area contributed by atoms with E-state index in [9.17, 15) is 13.0 Å². The van der Waals surface area contributed by atoms with Crippen LogP contribution in [0.15, 0.2) is 70.1 Å². The van der Waals surface area contributed by atoms with Gasteiger partial charge in [0.1, 0.15) is 6.54 Å². The van der Waals surface area contributed by atoms with E-state index in [0.29, 0.717) is 5.92 Å². The highest BCUT2D eigenvalue weighted by molar-refractivity contribution is 7.94. The quantitative estimate of drug-likeness (QED) is 0.0623. The molecule has 0 unspecified atom stereocenters. The molecule has 0 bridgehead atoms. The van der Waals surface area contributed by atoms with Crippen molar-refractivity contribution in [3.63, 3.8) is 0 Å². The van der Waals surface area contributed by atoms with Crippen molar-refractivity contribution >= 4 is 39.2 Å². The summed E-state index contributed by atoms with van der Waals surface area (Å²) < 4.78 is 40.6. The highest BCUT2D eigenvalue weighted by atomic mass is 32.2. The summed E-state index contributed by atoms with van der Waals surface area (Å²) in [5, 5.41) is 12.3. The lowest BCUT2D eigenvalue weighted by Gasteiger charge is -2.25. The molecule has 2 aromatic rings. The van der Waals surface area contributed by atoms with Gasteiger partial charge in [0.15, 0.2) is 5.71 Å². The Bertz CT molecular complexity index is 1520. The Morgan fingerprint density at radius 2 is 1.79 bits per heavy atom. The van der Waals surface area contributed by atoms with Crippen LogP contribution >= 0.6 is 12.0 Å². The second-order valence-electron chi connectivity index (χ2n) is 12.4. The van der Waals surface area contributed by atoms with Gasteiger partial charge in [0.2, 0.25) is 5.69 Å². The van der Waals surface area contributed by atoms with Crippen LogP contribution in [0.3, 0.4) is 0 Å². The van der Waals surface area contributed by atoms with Crippen LogP contribution < -0.4 is 4.90 Å². The fourth-order valence-corrected chi connectivity index (χ4v) is 7.12. The van der Waals surface area contributed by atoms with E-state index in [1.807, 2.05) is 12.1 Å². The van der Waals surface area contributed by atoms with Crippen molar-refractivity contribution in [1.82, 2.24) is 0 Å². The number of hydrogen-bond donors (Lipinski definition) is 2. The summed E-state index contributed by atoms with van der Waals surface area (Å²) in [7, 11) is -4.31. The van der Waals surface area contributed by atoms with Gasteiger partial charge in [-0.15, -0.1) is 4.33 Å². The Labute approximate surface area is 254 Å². The first-order valence-electron chi connectivity index (χ1n) is 14.5. The number of unbranched alkanes of at least 4 members (excludes halogenated alkanes) is 1. The molecule has 0 radical (unpaired) electrons. The van der Waals surface area contributed by atoms with Crippen molar-refractivity contribution in [1.29, 1.82) is 0 Å². The molecule has 0 saturated carbocycles. The van der Waals surface area contributed by atoms with Crippen LogP contribution in [0, 0.1) is 5.92 Å². The van der Waals surface area contributed by atoms with Crippen molar-refractivity contribution < 1.29 is 32.2 Å². The number of anilines is 1. The number of rotatable bonds is 12. The van der Waals surface area contributed by atoms with Crippen molar-refractivity contribution in [2.75, 3.05) is 18.0 Å². The minimum Gasteiger partial charge on any atom is -0.344 e. The zero-order valence-corrected chi connectivity index (χ0v) is 27.2. The number of fused-ring (bicyclic) bond motifs is 2. The SMILES string of the molecule is CCN1C(=CC=CC2=[N+](CCCCC(C)C)c3ccc(S(=O)(=O)O)cc3C2(C)C)C(C)(C)c2cc(SOOO)ccc21. The molecule has 2 heterocycles. The molecule has 0 aliphatic carbocycles. The number of allylic oxidation sites excluding steroid dienone is 4. The third kappa shape index (κ3) is 6.39. The predicted molar refractivity (Wildman–Crippen MR) is 168 cm³/mol. The maximum absolute atomic E-state index is 12.0. The van der Waals surface area contributed by atoms with Gasteiger partial charge in [-0.25, -0.2) is 5.26 Å². The van der Waals surface area contributed by atoms with Gasteiger partial charge < -0.3 is 4.90 Å². The van der Waals surface area contributed by atoms with Crippen LogP contribution in [0.2, 0.25) is 0 Å². The summed E-state index contributed by atoms with van der Waals surface area (Å²) in [5.41, 5.74) is 5.63. The van der Waals surface area contributed by atoms with Crippen molar-refractivity contribution in [3.8, 4) is 0 Å². The van der Waals surface area contributed by atoms with Gasteiger partial charge >= 0.3 is 0 Å². The van der Waals surface area contributed by atoms with E-state index < -0.39 is 15.5 Å². The van der Waals surface area contributed by atoms with Gasteiger partial charge in [-0.1, -0.05) is 45.2 Å². The molecule has 0 saturated heterocycles. The first-order chi connectivity index (χ1) is 19.7. The van der Waals surface area contributed by atoms with E-state index in [0.717, 1.165) is 83.2 Å². The van der Waals surface area contributed by atoms with Crippen LogP contribution in [-0.4, -0.2) is 41.6 Å². The molecule has 2 aliphatic heterocycles. The molecule has 0 amide bonds. The Hall–Kier alpha value is -2.47. The third-order valence-corrected chi connectivity index (χ3v) is 9.85. The van der Waals surface area contributed by atoms with Crippen molar-refractivity contribution in [2.45, 2.75) is 88.3 Å². The van der Waals surface area contributed by atoms with Gasteiger partial charge in [0.25, 0.3) is 10.1 Å². The summed E-state index contributed by atoms with van der Waals surface area (Å²) in [6, 6.07) is 11.0. The van der Waals surface area contributed by atoms with E-state index in [1.54, 1.807) is 6.07 Å². The second-order valence-corrected chi connectivity index (χ2v) is 14.6. The molecule has 2 aromatic carbocycles. The summed E-state index contributed by atoms with van der Waals surface area (Å²) in [4.78, 5) is 3.04. The largest absolute Gasteiger partial charge is 0.344 e. The average molecular weight is 616 g/mol. The molecule has 2 N–H and O–H groups in total. The summed E-state index contributed by atoms with van der Waals surface area (Å²) in [6.45, 7) is 16.8. The smallest absolute Gasteiger partial charge is 0.294 e. The molecule has 4 rings (SSSR count). The molecule has 0 aromatic heterocycles. The first kappa shape index (κ1) is 32.4. The van der Waals surface area contributed by atoms with E-state index in [1.165, 1.54) is 6.07 Å². The van der Waals surface area contributed by atoms with Gasteiger partial charge in [-0.3, -0.25) is 4.55 Å². The Morgan fingerprint density at radius 1 is 1.05 bits per heavy atom. The van der Waals surface area contributed by atoms with Crippen LogP contribution in [0.1, 0.15) is 78.9 Å². The molecule has 228 valence electrons. The lowest BCUT2D eigenvalue weighted by atomic mass is 9.81. The summed E-state index contributed by atoms with van der Waals surface area (Å²) in [5.74, 6) is 0.644. The zero-order chi connectivity index (χ0) is 30.9. The molecule has 10 heteroatoms. The van der Waals surface area contributed by atoms with E-state index in [4.69, 9.17) is 5.26 Å². The highest BCUT2D eigenvalue weighted by Crippen LogP contribution is 2.49. The summed E-state index contributed by atoms with van der Waals surface area (Å²) >= 11 is 0.951. The minimum absolute atomic E-state index is 0.0843. The highest BCUT2D eigenvalue weighted by Gasteiger charge is 2.45. The van der Waals surface area contributed by atoms with E-state index in [-0.39, 0.29) is 10.3 Å².